The third-order valence-electron chi connectivity index (χ3n) is 6.87. The molecule has 1 saturated carbocycles. The number of Topliss-reactive ketones (excluding diaryl/α,β-unsaturated/α-hetero) is 1. The van der Waals surface area contributed by atoms with E-state index in [2.05, 4.69) is 5.32 Å². The van der Waals surface area contributed by atoms with Crippen molar-refractivity contribution in [3.05, 3.63) is 59.0 Å². The van der Waals surface area contributed by atoms with E-state index >= 15 is 0 Å². The van der Waals surface area contributed by atoms with Gasteiger partial charge in [0.25, 0.3) is 0 Å². The van der Waals surface area contributed by atoms with Gasteiger partial charge in [0.2, 0.25) is 0 Å². The zero-order chi connectivity index (χ0) is 24.9. The molecule has 3 atom stereocenters. The molecule has 3 N–H and O–H groups in total. The number of hydrogen-bond acceptors (Lipinski definition) is 4. The number of anilines is 1. The molecule has 1 aromatic heterocycles. The number of likely N-dealkylation sites (tertiary alicyclic amines) is 1. The molecule has 0 bridgehead atoms. The first-order chi connectivity index (χ1) is 16.8. The van der Waals surface area contributed by atoms with Gasteiger partial charge in [0, 0.05) is 24.0 Å². The SMILES string of the molecule is COc1ccc2c(c1)c(NC(=O)N1C3CC3C[C@H]1C(=O)CCc1cccc(Cl)c1F)cn2C(N)=O. The number of nitrogens with one attached hydrogen (secondary N) is 1. The minimum Gasteiger partial charge on any atom is -0.497 e. The van der Waals surface area contributed by atoms with Crippen LogP contribution in [0.15, 0.2) is 42.6 Å². The fourth-order valence-corrected chi connectivity index (χ4v) is 5.19. The van der Waals surface area contributed by atoms with Crippen LogP contribution in [-0.4, -0.2) is 46.5 Å². The van der Waals surface area contributed by atoms with Crippen molar-refractivity contribution in [2.75, 3.05) is 12.4 Å². The number of benzene rings is 2. The number of carbonyl (C=O) groups is 3. The highest BCUT2D eigenvalue weighted by molar-refractivity contribution is 6.30. The Labute approximate surface area is 205 Å². The highest BCUT2D eigenvalue weighted by Gasteiger charge is 2.55. The maximum atomic E-state index is 14.2. The monoisotopic (exact) mass is 498 g/mol. The quantitative estimate of drug-likeness (QED) is 0.519. The van der Waals surface area contributed by atoms with Gasteiger partial charge in [-0.15, -0.1) is 0 Å². The van der Waals surface area contributed by atoms with Crippen LogP contribution >= 0.6 is 11.6 Å². The maximum Gasteiger partial charge on any atom is 0.323 e. The van der Waals surface area contributed by atoms with Crippen molar-refractivity contribution in [3.8, 4) is 5.75 Å². The standard InChI is InChI=1S/C25H24ClFN4O4/c1-35-15-6-7-19-16(11-15)18(12-30(19)24(28)33)29-25(34)31-20-9-14(20)10-21(31)22(32)8-5-13-3-2-4-17(26)23(13)27/h2-4,6-7,11-12,14,20-21H,5,8-10H2,1H3,(H2,28,33)(H,29,34)/t14?,20?,21-/m0/s1. The van der Waals surface area contributed by atoms with E-state index in [1.807, 2.05) is 0 Å². The normalized spacial score (nSPS) is 20.5. The number of ketones is 1. The van der Waals surface area contributed by atoms with Crippen LogP contribution in [0.3, 0.4) is 0 Å². The summed E-state index contributed by atoms with van der Waals surface area (Å²) in [6, 6.07) is 8.09. The Kier molecular flexibility index (Phi) is 5.88. The van der Waals surface area contributed by atoms with Gasteiger partial charge in [0.05, 0.1) is 29.4 Å². The second-order valence-corrected chi connectivity index (χ2v) is 9.37. The molecule has 0 spiro atoms. The number of halogens is 2. The van der Waals surface area contributed by atoms with Crippen LogP contribution in [0.2, 0.25) is 5.02 Å². The van der Waals surface area contributed by atoms with Crippen molar-refractivity contribution >= 4 is 46.0 Å². The van der Waals surface area contributed by atoms with E-state index in [0.717, 1.165) is 6.42 Å². The number of primary amides is 1. The number of nitrogens with two attached hydrogens (primary N) is 1. The fraction of sp³-hybridized carbons (Fsp3) is 0.320. The van der Waals surface area contributed by atoms with Crippen LogP contribution < -0.4 is 15.8 Å². The number of urea groups is 1. The van der Waals surface area contributed by atoms with Crippen molar-refractivity contribution < 1.29 is 23.5 Å². The number of methoxy groups -OCH3 is 1. The third-order valence-corrected chi connectivity index (χ3v) is 7.17. The van der Waals surface area contributed by atoms with E-state index in [0.29, 0.717) is 34.3 Å². The number of piperidine rings is 1. The highest BCUT2D eigenvalue weighted by atomic mass is 35.5. The van der Waals surface area contributed by atoms with Crippen molar-refractivity contribution in [1.29, 1.82) is 0 Å². The van der Waals surface area contributed by atoms with Crippen LogP contribution in [0.25, 0.3) is 10.9 Å². The Morgan fingerprint density at radius 3 is 2.77 bits per heavy atom. The van der Waals surface area contributed by atoms with Gasteiger partial charge in [-0.3, -0.25) is 9.36 Å². The molecular weight excluding hydrogens is 475 g/mol. The molecule has 35 heavy (non-hydrogen) atoms. The van der Waals surface area contributed by atoms with Crippen molar-refractivity contribution in [3.63, 3.8) is 0 Å². The van der Waals surface area contributed by atoms with Gasteiger partial charge in [0.15, 0.2) is 5.78 Å². The van der Waals surface area contributed by atoms with Crippen LogP contribution in [0.1, 0.15) is 24.8 Å². The summed E-state index contributed by atoms with van der Waals surface area (Å²) in [5.74, 6) is 0.199. The Balaban J connectivity index is 1.35. The topological polar surface area (TPSA) is 107 Å². The second-order valence-electron chi connectivity index (χ2n) is 8.97. The van der Waals surface area contributed by atoms with Gasteiger partial charge >= 0.3 is 12.1 Å². The number of aryl methyl sites for hydroxylation is 1. The summed E-state index contributed by atoms with van der Waals surface area (Å²) in [5, 5.41) is 3.46. The molecular formula is C25H24ClFN4O4. The molecule has 2 fully saturated rings. The van der Waals surface area contributed by atoms with Crippen LogP contribution in [-0.2, 0) is 11.2 Å². The molecule has 8 nitrogen and oxygen atoms in total. The second kappa shape index (κ2) is 8.88. The van der Waals surface area contributed by atoms with E-state index in [-0.39, 0.29) is 35.6 Å². The summed E-state index contributed by atoms with van der Waals surface area (Å²) in [6.45, 7) is 0. The average molecular weight is 499 g/mol. The minimum atomic E-state index is -0.689. The highest BCUT2D eigenvalue weighted by Crippen LogP contribution is 2.48. The van der Waals surface area contributed by atoms with E-state index in [1.165, 1.54) is 23.9 Å². The van der Waals surface area contributed by atoms with Gasteiger partial charge in [0.1, 0.15) is 11.6 Å². The van der Waals surface area contributed by atoms with Gasteiger partial charge in [-0.05, 0) is 55.0 Å². The zero-order valence-corrected chi connectivity index (χ0v) is 19.7. The number of carbonyl (C=O) groups excluding carboxylic acids is 3. The Morgan fingerprint density at radius 2 is 2.03 bits per heavy atom. The Hall–Kier alpha value is -3.59. The lowest BCUT2D eigenvalue weighted by atomic mass is 10.00. The summed E-state index contributed by atoms with van der Waals surface area (Å²) in [7, 11) is 1.52. The van der Waals surface area contributed by atoms with Crippen molar-refractivity contribution in [1.82, 2.24) is 9.47 Å². The molecule has 182 valence electrons. The lowest BCUT2D eigenvalue weighted by Crippen LogP contribution is -2.45. The molecule has 5 rings (SSSR count). The molecule has 2 heterocycles. The van der Waals surface area contributed by atoms with E-state index < -0.39 is 23.9 Å². The lowest BCUT2D eigenvalue weighted by Gasteiger charge is -2.27. The zero-order valence-electron chi connectivity index (χ0n) is 19.0. The largest absolute Gasteiger partial charge is 0.497 e. The minimum absolute atomic E-state index is 0.00844. The van der Waals surface area contributed by atoms with Gasteiger partial charge < -0.3 is 20.7 Å². The summed E-state index contributed by atoms with van der Waals surface area (Å²) >= 11 is 5.85. The fourth-order valence-electron chi connectivity index (χ4n) is 5.00. The first-order valence-electron chi connectivity index (χ1n) is 11.3. The number of ether oxygens (including phenoxy) is 1. The number of amides is 3. The molecule has 2 aromatic carbocycles. The molecule has 1 aliphatic heterocycles. The van der Waals surface area contributed by atoms with Gasteiger partial charge in [-0.25, -0.2) is 14.0 Å². The molecule has 1 saturated heterocycles. The van der Waals surface area contributed by atoms with E-state index in [9.17, 15) is 18.8 Å². The van der Waals surface area contributed by atoms with Crippen LogP contribution in [0.5, 0.6) is 5.75 Å². The van der Waals surface area contributed by atoms with Crippen molar-refractivity contribution in [2.45, 2.75) is 37.8 Å². The number of hydrogen-bond donors (Lipinski definition) is 2. The number of fused-ring (bicyclic) bond motifs is 2. The summed E-state index contributed by atoms with van der Waals surface area (Å²) in [5.41, 5.74) is 6.78. The van der Waals surface area contributed by atoms with E-state index in [4.69, 9.17) is 22.1 Å². The predicted octanol–water partition coefficient (Wildman–Crippen LogP) is 4.57. The van der Waals surface area contributed by atoms with Crippen molar-refractivity contribution in [2.24, 2.45) is 11.7 Å². The van der Waals surface area contributed by atoms with E-state index in [1.54, 1.807) is 35.2 Å². The first kappa shape index (κ1) is 23.2. The van der Waals surface area contributed by atoms with Gasteiger partial charge in [-0.2, -0.15) is 0 Å². The maximum absolute atomic E-state index is 14.2. The predicted molar refractivity (Wildman–Crippen MR) is 129 cm³/mol. The van der Waals surface area contributed by atoms with Gasteiger partial charge in [-0.1, -0.05) is 23.7 Å². The number of nitrogens with zero attached hydrogens (tertiary/aromatic N) is 2. The number of rotatable bonds is 6. The molecule has 3 aromatic rings. The molecule has 2 aliphatic rings. The third kappa shape index (κ3) is 4.20. The summed E-state index contributed by atoms with van der Waals surface area (Å²) < 4.78 is 20.7. The first-order valence-corrected chi connectivity index (χ1v) is 11.7. The summed E-state index contributed by atoms with van der Waals surface area (Å²) in [4.78, 5) is 39.9. The summed E-state index contributed by atoms with van der Waals surface area (Å²) in [6.07, 6.45) is 3.20. The van der Waals surface area contributed by atoms with Crippen LogP contribution in [0.4, 0.5) is 19.7 Å². The average Bonchev–Trinajstić information content (AvgIpc) is 3.35. The lowest BCUT2D eigenvalue weighted by molar-refractivity contribution is -0.123. The molecule has 3 amide bonds. The number of aromatic nitrogens is 1. The molecule has 2 unspecified atom stereocenters. The molecule has 0 radical (unpaired) electrons. The smallest absolute Gasteiger partial charge is 0.323 e. The Bertz CT molecular complexity index is 1360. The molecule has 10 heteroatoms. The molecule has 1 aliphatic carbocycles. The van der Waals surface area contributed by atoms with Crippen LogP contribution in [0, 0.1) is 11.7 Å². The Morgan fingerprint density at radius 1 is 1.23 bits per heavy atom.